The average Bonchev–Trinajstić information content (AvgIpc) is 3.47. The second kappa shape index (κ2) is 7.14. The molecule has 2 fully saturated rings. The fraction of sp³-hybridized carbons (Fsp3) is 0.381. The molecule has 2 aliphatic rings. The Bertz CT molecular complexity index is 956. The third-order valence-electron chi connectivity index (χ3n) is 6.05. The molecule has 28 heavy (non-hydrogen) atoms. The van der Waals surface area contributed by atoms with E-state index >= 15 is 0 Å². The third-order valence-corrected chi connectivity index (χ3v) is 6.94. The number of likely N-dealkylation sites (tertiary alicyclic amines) is 1. The number of aliphatic hydroxyl groups excluding tert-OH is 1. The summed E-state index contributed by atoms with van der Waals surface area (Å²) in [5, 5.41) is 13.3. The molecule has 0 bridgehead atoms. The zero-order chi connectivity index (χ0) is 19.1. The first-order valence-electron chi connectivity index (χ1n) is 9.65. The predicted octanol–water partition coefficient (Wildman–Crippen LogP) is 3.09. The molecule has 1 aromatic carbocycles. The highest BCUT2D eigenvalue weighted by Crippen LogP contribution is 2.41. The van der Waals surface area contributed by atoms with Gasteiger partial charge in [0.1, 0.15) is 10.7 Å². The zero-order valence-electron chi connectivity index (χ0n) is 15.4. The van der Waals surface area contributed by atoms with E-state index in [4.69, 9.17) is 0 Å². The summed E-state index contributed by atoms with van der Waals surface area (Å²) in [5.41, 5.74) is 1.56. The van der Waals surface area contributed by atoms with Crippen LogP contribution in [0.15, 0.2) is 54.4 Å². The Morgan fingerprint density at radius 1 is 1.14 bits per heavy atom. The lowest BCUT2D eigenvalue weighted by molar-refractivity contribution is 0.0357. The first-order valence-corrected chi connectivity index (χ1v) is 10.5. The van der Waals surface area contributed by atoms with Crippen LogP contribution in [0.2, 0.25) is 0 Å². The summed E-state index contributed by atoms with van der Waals surface area (Å²) in [4.78, 5) is 23.6. The van der Waals surface area contributed by atoms with Gasteiger partial charge in [0.05, 0.1) is 18.5 Å². The first-order chi connectivity index (χ1) is 13.7. The van der Waals surface area contributed by atoms with Crippen molar-refractivity contribution in [3.8, 4) is 10.6 Å². The van der Waals surface area contributed by atoms with E-state index in [0.717, 1.165) is 30.0 Å². The zero-order valence-corrected chi connectivity index (χ0v) is 16.2. The van der Waals surface area contributed by atoms with Gasteiger partial charge in [-0.15, -0.1) is 11.3 Å². The number of carbonyl (C=O) groups excluding carboxylic acids is 1. The highest BCUT2D eigenvalue weighted by molar-refractivity contribution is 7.13. The van der Waals surface area contributed by atoms with Crippen LogP contribution in [0.1, 0.15) is 29.4 Å². The van der Waals surface area contributed by atoms with Crippen molar-refractivity contribution in [1.29, 1.82) is 0 Å². The van der Waals surface area contributed by atoms with Crippen molar-refractivity contribution in [2.24, 2.45) is 11.8 Å². The number of thiazole rings is 1. The quantitative estimate of drug-likeness (QED) is 0.741. The van der Waals surface area contributed by atoms with Gasteiger partial charge in [-0.2, -0.15) is 0 Å². The third kappa shape index (κ3) is 3.14. The smallest absolute Gasteiger partial charge is 0.273 e. The summed E-state index contributed by atoms with van der Waals surface area (Å²) in [5.74, 6) is 0.763. The van der Waals surface area contributed by atoms with Gasteiger partial charge >= 0.3 is 0 Å². The van der Waals surface area contributed by atoms with Crippen molar-refractivity contribution in [1.82, 2.24) is 19.4 Å². The lowest BCUT2D eigenvalue weighted by atomic mass is 9.77. The Morgan fingerprint density at radius 2 is 1.93 bits per heavy atom. The Balaban J connectivity index is 1.30. The van der Waals surface area contributed by atoms with Crippen molar-refractivity contribution < 1.29 is 9.90 Å². The molecule has 1 aliphatic carbocycles. The van der Waals surface area contributed by atoms with Gasteiger partial charge in [-0.1, -0.05) is 30.3 Å². The van der Waals surface area contributed by atoms with Gasteiger partial charge in [-0.3, -0.25) is 4.79 Å². The number of benzene rings is 1. The number of hydrogen-bond donors (Lipinski definition) is 1. The Morgan fingerprint density at radius 3 is 2.68 bits per heavy atom. The number of amides is 1. The molecule has 1 N–H and O–H groups in total. The van der Waals surface area contributed by atoms with Crippen LogP contribution in [0.5, 0.6) is 0 Å². The molecule has 3 heterocycles. The standard InChI is InChI=1S/C21H22N4O2S/c26-19-9-16-11-25(10-15(16)8-18(19)24-7-6-22-13-24)21(27)17-12-28-20(23-17)14-4-2-1-3-5-14/h1-7,12-13,15-16,18-19,26H,8-11H2/t15-,16+,18-,19-/m1/s1. The molecular formula is C21H22N4O2S. The van der Waals surface area contributed by atoms with Crippen LogP contribution in [-0.2, 0) is 0 Å². The molecule has 7 heteroatoms. The molecule has 0 unspecified atom stereocenters. The van der Waals surface area contributed by atoms with Crippen LogP contribution in [0.4, 0.5) is 0 Å². The van der Waals surface area contributed by atoms with Crippen molar-refractivity contribution >= 4 is 17.2 Å². The number of imidazole rings is 1. The molecule has 5 rings (SSSR count). The van der Waals surface area contributed by atoms with E-state index in [1.54, 1.807) is 12.5 Å². The molecule has 144 valence electrons. The molecule has 1 amide bonds. The number of aliphatic hydroxyl groups is 1. The van der Waals surface area contributed by atoms with E-state index in [9.17, 15) is 9.90 Å². The van der Waals surface area contributed by atoms with Crippen LogP contribution in [-0.4, -0.2) is 49.6 Å². The fourth-order valence-corrected chi connectivity index (χ4v) is 5.41. The van der Waals surface area contributed by atoms with Crippen molar-refractivity contribution in [3.05, 3.63) is 60.1 Å². The van der Waals surface area contributed by atoms with E-state index in [1.807, 2.05) is 51.4 Å². The molecule has 4 atom stereocenters. The second-order valence-electron chi connectivity index (χ2n) is 7.75. The number of hydrogen-bond acceptors (Lipinski definition) is 5. The largest absolute Gasteiger partial charge is 0.391 e. The molecule has 0 spiro atoms. The van der Waals surface area contributed by atoms with Crippen molar-refractivity contribution in [3.63, 3.8) is 0 Å². The molecule has 1 aliphatic heterocycles. The number of nitrogens with zero attached hydrogens (tertiary/aromatic N) is 4. The Hall–Kier alpha value is -2.51. The van der Waals surface area contributed by atoms with Crippen LogP contribution < -0.4 is 0 Å². The summed E-state index contributed by atoms with van der Waals surface area (Å²) in [6.07, 6.45) is 6.63. The summed E-state index contributed by atoms with van der Waals surface area (Å²) < 4.78 is 2.00. The summed E-state index contributed by atoms with van der Waals surface area (Å²) in [6.45, 7) is 1.44. The predicted molar refractivity (Wildman–Crippen MR) is 107 cm³/mol. The van der Waals surface area contributed by atoms with Crippen LogP contribution >= 0.6 is 11.3 Å². The van der Waals surface area contributed by atoms with Gasteiger partial charge in [0.15, 0.2) is 0 Å². The number of rotatable bonds is 3. The number of carbonyl (C=O) groups is 1. The lowest BCUT2D eigenvalue weighted by Gasteiger charge is -2.35. The summed E-state index contributed by atoms with van der Waals surface area (Å²) >= 11 is 1.51. The van der Waals surface area contributed by atoms with Crippen molar-refractivity contribution in [2.75, 3.05) is 13.1 Å². The van der Waals surface area contributed by atoms with E-state index in [1.165, 1.54) is 11.3 Å². The highest BCUT2D eigenvalue weighted by atomic mass is 32.1. The molecule has 0 radical (unpaired) electrons. The maximum Gasteiger partial charge on any atom is 0.273 e. The molecule has 1 saturated heterocycles. The Labute approximate surface area is 167 Å². The molecule has 1 saturated carbocycles. The Kier molecular flexibility index (Phi) is 4.49. The maximum atomic E-state index is 13.0. The van der Waals surface area contributed by atoms with Crippen molar-refractivity contribution in [2.45, 2.75) is 25.0 Å². The SMILES string of the molecule is O=C(c1csc(-c2ccccc2)n1)N1C[C@H]2C[C@@H](n3ccnc3)[C@H](O)C[C@H]2C1. The molecule has 3 aromatic rings. The van der Waals surface area contributed by atoms with Gasteiger partial charge in [0.2, 0.25) is 0 Å². The van der Waals surface area contributed by atoms with Crippen LogP contribution in [0.25, 0.3) is 10.6 Å². The topological polar surface area (TPSA) is 71.2 Å². The minimum atomic E-state index is -0.394. The van der Waals surface area contributed by atoms with Crippen LogP contribution in [0.3, 0.4) is 0 Å². The number of aromatic nitrogens is 3. The summed E-state index contributed by atoms with van der Waals surface area (Å²) in [7, 11) is 0. The highest BCUT2D eigenvalue weighted by Gasteiger charge is 2.43. The molecule has 6 nitrogen and oxygen atoms in total. The monoisotopic (exact) mass is 394 g/mol. The lowest BCUT2D eigenvalue weighted by Crippen LogP contribution is -2.35. The van der Waals surface area contributed by atoms with E-state index in [0.29, 0.717) is 24.1 Å². The average molecular weight is 395 g/mol. The minimum Gasteiger partial charge on any atom is -0.391 e. The van der Waals surface area contributed by atoms with Gasteiger partial charge in [0, 0.05) is 36.4 Å². The van der Waals surface area contributed by atoms with E-state index < -0.39 is 6.10 Å². The second-order valence-corrected chi connectivity index (χ2v) is 8.61. The van der Waals surface area contributed by atoms with Crippen LogP contribution in [0, 0.1) is 11.8 Å². The molecular weight excluding hydrogens is 372 g/mol. The molecule has 2 aromatic heterocycles. The van der Waals surface area contributed by atoms with Gasteiger partial charge in [0.25, 0.3) is 5.91 Å². The van der Waals surface area contributed by atoms with Gasteiger partial charge in [-0.05, 0) is 24.7 Å². The maximum absolute atomic E-state index is 13.0. The fourth-order valence-electron chi connectivity index (χ4n) is 4.61. The first kappa shape index (κ1) is 17.6. The van der Waals surface area contributed by atoms with E-state index in [2.05, 4.69) is 9.97 Å². The summed E-state index contributed by atoms with van der Waals surface area (Å²) in [6, 6.07) is 9.99. The van der Waals surface area contributed by atoms with Gasteiger partial charge < -0.3 is 14.6 Å². The number of fused-ring (bicyclic) bond motifs is 1. The van der Waals surface area contributed by atoms with Gasteiger partial charge in [-0.25, -0.2) is 9.97 Å². The van der Waals surface area contributed by atoms with E-state index in [-0.39, 0.29) is 11.9 Å². The minimum absolute atomic E-state index is 0.00139. The normalized spacial score (nSPS) is 27.0.